The van der Waals surface area contributed by atoms with E-state index in [9.17, 15) is 22.0 Å². The summed E-state index contributed by atoms with van der Waals surface area (Å²) in [6.45, 7) is 2.36. The maximum Gasteiger partial charge on any atom is 0.383 e. The van der Waals surface area contributed by atoms with Gasteiger partial charge in [-0.1, -0.05) is 19.8 Å². The van der Waals surface area contributed by atoms with Crippen LogP contribution in [0.3, 0.4) is 0 Å². The second-order valence-corrected chi connectivity index (χ2v) is 10.6. The van der Waals surface area contributed by atoms with Gasteiger partial charge in [-0.2, -0.15) is 8.78 Å². The van der Waals surface area contributed by atoms with E-state index in [1.165, 1.54) is 51.4 Å². The molecule has 1 nitrogen and oxygen atoms in total. The molecular weight excluding hydrogens is 423 g/mol. The van der Waals surface area contributed by atoms with Gasteiger partial charge in [-0.3, -0.25) is 0 Å². The molecule has 0 unspecified atom stereocenters. The number of alkyl halides is 2. The Morgan fingerprint density at radius 2 is 1.03 bits per heavy atom. The lowest BCUT2D eigenvalue weighted by molar-refractivity contribution is -0.278. The van der Waals surface area contributed by atoms with Crippen LogP contribution in [0.5, 0.6) is 0 Å². The van der Waals surface area contributed by atoms with E-state index in [2.05, 4.69) is 6.92 Å². The fourth-order valence-electron chi connectivity index (χ4n) is 6.52. The third kappa shape index (κ3) is 5.48. The van der Waals surface area contributed by atoms with Gasteiger partial charge in [-0.05, 0) is 106 Å². The summed E-state index contributed by atoms with van der Waals surface area (Å²) in [5.74, 6) is -1.14. The summed E-state index contributed by atoms with van der Waals surface area (Å²) in [6, 6.07) is 0.630. The third-order valence-electron chi connectivity index (χ3n) is 8.56. The standard InChI is InChI=1S/C26H35F5O/c1-16-2-4-17(5-3-16)18-6-8-19(9-7-18)20-10-12-22(13-11-20)32-26(30,31)21-14-23(27)25(29)24(28)15-21/h14-20,22H,2-13H2,1H3. The van der Waals surface area contributed by atoms with Gasteiger partial charge in [0.05, 0.1) is 11.7 Å². The molecular formula is C26H35F5O. The lowest BCUT2D eigenvalue weighted by Gasteiger charge is -2.41. The highest BCUT2D eigenvalue weighted by atomic mass is 19.3. The summed E-state index contributed by atoms with van der Waals surface area (Å²) in [5.41, 5.74) is -0.980. The Hall–Kier alpha value is -1.17. The lowest BCUT2D eigenvalue weighted by atomic mass is 9.65. The molecule has 3 saturated carbocycles. The molecule has 0 heterocycles. The molecule has 32 heavy (non-hydrogen) atoms. The number of halogens is 5. The van der Waals surface area contributed by atoms with Gasteiger partial charge in [-0.25, -0.2) is 13.2 Å². The molecule has 3 aliphatic rings. The lowest BCUT2D eigenvalue weighted by Crippen LogP contribution is -2.33. The first-order valence-corrected chi connectivity index (χ1v) is 12.4. The average Bonchev–Trinajstić information content (AvgIpc) is 2.78. The molecule has 1 aromatic rings. The fourth-order valence-corrected chi connectivity index (χ4v) is 6.52. The van der Waals surface area contributed by atoms with Crippen molar-refractivity contribution in [2.45, 2.75) is 96.2 Å². The van der Waals surface area contributed by atoms with Gasteiger partial charge in [-0.15, -0.1) is 0 Å². The van der Waals surface area contributed by atoms with Crippen LogP contribution in [0.4, 0.5) is 22.0 Å². The second-order valence-electron chi connectivity index (χ2n) is 10.6. The predicted octanol–water partition coefficient (Wildman–Crippen LogP) is 8.36. The Kier molecular flexibility index (Phi) is 7.48. The summed E-state index contributed by atoms with van der Waals surface area (Å²) in [7, 11) is 0. The molecule has 180 valence electrons. The molecule has 0 spiro atoms. The molecule has 6 heteroatoms. The van der Waals surface area contributed by atoms with E-state index in [1.54, 1.807) is 0 Å². The molecule has 0 saturated heterocycles. The topological polar surface area (TPSA) is 9.23 Å². The highest BCUT2D eigenvalue weighted by molar-refractivity contribution is 5.22. The van der Waals surface area contributed by atoms with Crippen LogP contribution >= 0.6 is 0 Å². The van der Waals surface area contributed by atoms with E-state index >= 15 is 0 Å². The molecule has 0 aliphatic heterocycles. The van der Waals surface area contributed by atoms with Crippen LogP contribution in [0.1, 0.15) is 89.5 Å². The van der Waals surface area contributed by atoms with E-state index < -0.39 is 35.2 Å². The highest BCUT2D eigenvalue weighted by Crippen LogP contribution is 2.46. The minimum Gasteiger partial charge on any atom is -0.313 e. The molecule has 0 bridgehead atoms. The van der Waals surface area contributed by atoms with Crippen molar-refractivity contribution in [2.75, 3.05) is 0 Å². The monoisotopic (exact) mass is 458 g/mol. The van der Waals surface area contributed by atoms with Gasteiger partial charge in [0.2, 0.25) is 0 Å². The zero-order valence-electron chi connectivity index (χ0n) is 18.9. The molecule has 0 atom stereocenters. The van der Waals surface area contributed by atoms with Crippen molar-refractivity contribution in [3.05, 3.63) is 35.1 Å². The van der Waals surface area contributed by atoms with Gasteiger partial charge in [0, 0.05) is 0 Å². The van der Waals surface area contributed by atoms with Crippen molar-refractivity contribution in [1.29, 1.82) is 0 Å². The average molecular weight is 459 g/mol. The maximum absolute atomic E-state index is 14.4. The number of hydrogen-bond donors (Lipinski definition) is 0. The summed E-state index contributed by atoms with van der Waals surface area (Å²) in [6.07, 6.45) is 8.86. The SMILES string of the molecule is CC1CCC(C2CCC(C3CCC(OC(F)(F)c4cc(F)c(F)c(F)c4)CC3)CC2)CC1. The first kappa shape index (κ1) is 24.0. The quantitative estimate of drug-likeness (QED) is 0.318. The van der Waals surface area contributed by atoms with Crippen molar-refractivity contribution in [2.24, 2.45) is 29.6 Å². The Labute approximate surface area is 188 Å². The van der Waals surface area contributed by atoms with E-state index in [1.807, 2.05) is 0 Å². The highest BCUT2D eigenvalue weighted by Gasteiger charge is 2.40. The number of hydrogen-bond acceptors (Lipinski definition) is 1. The van der Waals surface area contributed by atoms with Crippen molar-refractivity contribution in [3.63, 3.8) is 0 Å². The van der Waals surface area contributed by atoms with Gasteiger partial charge in [0.15, 0.2) is 17.5 Å². The van der Waals surface area contributed by atoms with Crippen LogP contribution in [0.25, 0.3) is 0 Å². The van der Waals surface area contributed by atoms with Gasteiger partial charge in [0.25, 0.3) is 0 Å². The van der Waals surface area contributed by atoms with Crippen LogP contribution in [0.2, 0.25) is 0 Å². The zero-order valence-corrected chi connectivity index (χ0v) is 18.9. The zero-order chi connectivity index (χ0) is 22.9. The van der Waals surface area contributed by atoms with E-state index in [0.29, 0.717) is 36.8 Å². The molecule has 3 fully saturated rings. The van der Waals surface area contributed by atoms with Crippen LogP contribution in [0.15, 0.2) is 12.1 Å². The molecule has 0 N–H and O–H groups in total. The Morgan fingerprint density at radius 1 is 0.656 bits per heavy atom. The van der Waals surface area contributed by atoms with E-state index in [-0.39, 0.29) is 0 Å². The number of benzene rings is 1. The van der Waals surface area contributed by atoms with Crippen LogP contribution in [-0.2, 0) is 10.8 Å². The van der Waals surface area contributed by atoms with Crippen molar-refractivity contribution in [1.82, 2.24) is 0 Å². The Morgan fingerprint density at radius 3 is 1.47 bits per heavy atom. The largest absolute Gasteiger partial charge is 0.383 e. The van der Waals surface area contributed by atoms with Crippen molar-refractivity contribution >= 4 is 0 Å². The normalized spacial score (nSPS) is 34.4. The summed E-state index contributed by atoms with van der Waals surface area (Å²) in [5, 5.41) is 0. The third-order valence-corrected chi connectivity index (χ3v) is 8.56. The molecule has 0 aromatic heterocycles. The summed E-state index contributed by atoms with van der Waals surface area (Å²) >= 11 is 0. The predicted molar refractivity (Wildman–Crippen MR) is 114 cm³/mol. The minimum atomic E-state index is -3.84. The minimum absolute atomic E-state index is 0.315. The van der Waals surface area contributed by atoms with Gasteiger partial charge >= 0.3 is 6.11 Å². The fraction of sp³-hybridized carbons (Fsp3) is 0.769. The first-order valence-electron chi connectivity index (χ1n) is 12.4. The van der Waals surface area contributed by atoms with Crippen LogP contribution < -0.4 is 0 Å². The van der Waals surface area contributed by atoms with Gasteiger partial charge < -0.3 is 4.74 Å². The first-order chi connectivity index (χ1) is 15.2. The summed E-state index contributed by atoms with van der Waals surface area (Å²) in [4.78, 5) is 0. The maximum atomic E-state index is 14.4. The van der Waals surface area contributed by atoms with Crippen molar-refractivity contribution < 1.29 is 26.7 Å². The molecule has 3 aliphatic carbocycles. The van der Waals surface area contributed by atoms with Crippen molar-refractivity contribution in [3.8, 4) is 0 Å². The molecule has 1 aromatic carbocycles. The second kappa shape index (κ2) is 9.99. The molecule has 0 amide bonds. The van der Waals surface area contributed by atoms with E-state index in [4.69, 9.17) is 4.74 Å². The Bertz CT molecular complexity index is 734. The van der Waals surface area contributed by atoms with Crippen LogP contribution in [0, 0.1) is 47.0 Å². The number of ether oxygens (including phenoxy) is 1. The molecule has 4 rings (SSSR count). The van der Waals surface area contributed by atoms with E-state index in [0.717, 1.165) is 30.6 Å². The molecule has 0 radical (unpaired) electrons. The van der Waals surface area contributed by atoms with Crippen LogP contribution in [-0.4, -0.2) is 6.10 Å². The van der Waals surface area contributed by atoms with Gasteiger partial charge in [0.1, 0.15) is 0 Å². The smallest absolute Gasteiger partial charge is 0.313 e. The Balaban J connectivity index is 1.24. The summed E-state index contributed by atoms with van der Waals surface area (Å²) < 4.78 is 73.7. The number of rotatable bonds is 5.